The first-order chi connectivity index (χ1) is 15.8. The van der Waals surface area contributed by atoms with Gasteiger partial charge in [-0.3, -0.25) is 14.8 Å². The number of rotatable bonds is 5. The minimum Gasteiger partial charge on any atom is -0.357 e. The Morgan fingerprint density at radius 2 is 1.84 bits per heavy atom. The Hall–Kier alpha value is -3.09. The zero-order chi connectivity index (χ0) is 21.3. The van der Waals surface area contributed by atoms with Crippen molar-refractivity contribution in [3.8, 4) is 11.5 Å². The third-order valence-corrected chi connectivity index (χ3v) is 6.65. The smallest absolute Gasteiger partial charge is 0.178 e. The summed E-state index contributed by atoms with van der Waals surface area (Å²) in [6.45, 7) is 6.34. The SMILES string of the molecule is c1ccc(-c2ncc3c(n2)CCN(Cc2ccc4[nH]c(CN5CCCC5)cc4c2)C3)nc1. The van der Waals surface area contributed by atoms with Crippen LogP contribution in [0.4, 0.5) is 0 Å². The fourth-order valence-electron chi connectivity index (χ4n) is 4.99. The van der Waals surface area contributed by atoms with Gasteiger partial charge in [0, 0.05) is 67.2 Å². The van der Waals surface area contributed by atoms with E-state index in [0.29, 0.717) is 0 Å². The average molecular weight is 425 g/mol. The van der Waals surface area contributed by atoms with Crippen LogP contribution < -0.4 is 0 Å². The summed E-state index contributed by atoms with van der Waals surface area (Å²) in [5.74, 6) is 0.723. The van der Waals surface area contributed by atoms with Crippen molar-refractivity contribution in [3.63, 3.8) is 0 Å². The fourth-order valence-corrected chi connectivity index (χ4v) is 4.99. The molecule has 2 aliphatic rings. The maximum Gasteiger partial charge on any atom is 0.178 e. The van der Waals surface area contributed by atoms with Crippen molar-refractivity contribution in [2.24, 2.45) is 0 Å². The molecule has 32 heavy (non-hydrogen) atoms. The molecule has 0 saturated carbocycles. The van der Waals surface area contributed by atoms with Crippen molar-refractivity contribution in [2.45, 2.75) is 38.9 Å². The molecule has 0 aliphatic carbocycles. The first-order valence-electron chi connectivity index (χ1n) is 11.6. The molecule has 1 N–H and O–H groups in total. The molecule has 0 spiro atoms. The van der Waals surface area contributed by atoms with Crippen LogP contribution in [-0.4, -0.2) is 49.4 Å². The zero-order valence-corrected chi connectivity index (χ0v) is 18.3. The van der Waals surface area contributed by atoms with Gasteiger partial charge < -0.3 is 4.98 Å². The van der Waals surface area contributed by atoms with E-state index in [1.807, 2.05) is 24.4 Å². The van der Waals surface area contributed by atoms with Crippen molar-refractivity contribution in [1.29, 1.82) is 0 Å². The first kappa shape index (κ1) is 19.6. The van der Waals surface area contributed by atoms with E-state index in [-0.39, 0.29) is 0 Å². The van der Waals surface area contributed by atoms with Crippen LogP contribution in [0.15, 0.2) is 54.9 Å². The summed E-state index contributed by atoms with van der Waals surface area (Å²) in [6.07, 6.45) is 7.39. The van der Waals surface area contributed by atoms with Gasteiger partial charge >= 0.3 is 0 Å². The van der Waals surface area contributed by atoms with Gasteiger partial charge in [0.2, 0.25) is 0 Å². The number of likely N-dealkylation sites (tertiary alicyclic amines) is 1. The molecule has 0 amide bonds. The third-order valence-electron chi connectivity index (χ3n) is 6.65. The second-order valence-corrected chi connectivity index (χ2v) is 9.04. The molecule has 0 atom stereocenters. The van der Waals surface area contributed by atoms with Crippen LogP contribution in [0.1, 0.15) is 35.4 Å². The highest BCUT2D eigenvalue weighted by Crippen LogP contribution is 2.24. The first-order valence-corrected chi connectivity index (χ1v) is 11.6. The van der Waals surface area contributed by atoms with Crippen molar-refractivity contribution < 1.29 is 0 Å². The molecule has 1 aromatic carbocycles. The van der Waals surface area contributed by atoms with Gasteiger partial charge in [0.25, 0.3) is 0 Å². The van der Waals surface area contributed by atoms with E-state index in [9.17, 15) is 0 Å². The van der Waals surface area contributed by atoms with Gasteiger partial charge in [0.05, 0.1) is 5.69 Å². The van der Waals surface area contributed by atoms with E-state index < -0.39 is 0 Å². The highest BCUT2D eigenvalue weighted by Gasteiger charge is 2.19. The molecule has 1 saturated heterocycles. The van der Waals surface area contributed by atoms with E-state index in [2.05, 4.69) is 49.0 Å². The number of pyridine rings is 1. The maximum atomic E-state index is 4.80. The van der Waals surface area contributed by atoms with Crippen LogP contribution in [0.3, 0.4) is 0 Å². The van der Waals surface area contributed by atoms with Gasteiger partial charge in [-0.15, -0.1) is 0 Å². The Balaban J connectivity index is 1.15. The van der Waals surface area contributed by atoms with Crippen molar-refractivity contribution in [3.05, 3.63) is 77.4 Å². The van der Waals surface area contributed by atoms with E-state index in [0.717, 1.165) is 49.8 Å². The van der Waals surface area contributed by atoms with Crippen LogP contribution in [-0.2, 0) is 26.1 Å². The van der Waals surface area contributed by atoms with E-state index in [1.165, 1.54) is 53.7 Å². The molecule has 0 bridgehead atoms. The van der Waals surface area contributed by atoms with Gasteiger partial charge in [-0.25, -0.2) is 9.97 Å². The Morgan fingerprint density at radius 3 is 2.72 bits per heavy atom. The zero-order valence-electron chi connectivity index (χ0n) is 18.3. The third kappa shape index (κ3) is 4.04. The molecule has 4 aromatic rings. The number of benzene rings is 1. The highest BCUT2D eigenvalue weighted by atomic mass is 15.1. The molecular weight excluding hydrogens is 396 g/mol. The van der Waals surface area contributed by atoms with Crippen molar-refractivity contribution >= 4 is 10.9 Å². The molecule has 2 aliphatic heterocycles. The van der Waals surface area contributed by atoms with Crippen LogP contribution in [0.25, 0.3) is 22.4 Å². The number of aromatic amines is 1. The lowest BCUT2D eigenvalue weighted by atomic mass is 10.1. The summed E-state index contributed by atoms with van der Waals surface area (Å²) in [5, 5.41) is 1.32. The minimum atomic E-state index is 0.723. The van der Waals surface area contributed by atoms with Gasteiger partial charge in [-0.2, -0.15) is 0 Å². The summed E-state index contributed by atoms with van der Waals surface area (Å²) in [6, 6.07) is 15.0. The second-order valence-electron chi connectivity index (χ2n) is 9.04. The number of nitrogens with one attached hydrogen (secondary N) is 1. The number of hydrogen-bond donors (Lipinski definition) is 1. The highest BCUT2D eigenvalue weighted by molar-refractivity contribution is 5.81. The normalized spacial score (nSPS) is 17.1. The van der Waals surface area contributed by atoms with E-state index in [4.69, 9.17) is 4.98 Å². The Bertz CT molecular complexity index is 1230. The van der Waals surface area contributed by atoms with Crippen molar-refractivity contribution in [2.75, 3.05) is 19.6 Å². The monoisotopic (exact) mass is 424 g/mol. The Kier molecular flexibility index (Phi) is 5.17. The maximum absolute atomic E-state index is 4.80. The Morgan fingerprint density at radius 1 is 0.906 bits per heavy atom. The topological polar surface area (TPSA) is 60.9 Å². The number of H-pyrrole nitrogens is 1. The molecule has 0 unspecified atom stereocenters. The molecular formula is C26H28N6. The van der Waals surface area contributed by atoms with E-state index in [1.54, 1.807) is 6.20 Å². The lowest BCUT2D eigenvalue weighted by molar-refractivity contribution is 0.243. The lowest BCUT2D eigenvalue weighted by Gasteiger charge is -2.28. The molecule has 0 radical (unpaired) electrons. The second kappa shape index (κ2) is 8.45. The van der Waals surface area contributed by atoms with E-state index >= 15 is 0 Å². The number of hydrogen-bond acceptors (Lipinski definition) is 5. The van der Waals surface area contributed by atoms with Crippen LogP contribution in [0.5, 0.6) is 0 Å². The predicted molar refractivity (Wildman–Crippen MR) is 126 cm³/mol. The number of nitrogens with zero attached hydrogens (tertiary/aromatic N) is 5. The molecule has 6 heteroatoms. The molecule has 3 aromatic heterocycles. The minimum absolute atomic E-state index is 0.723. The quantitative estimate of drug-likeness (QED) is 0.521. The largest absolute Gasteiger partial charge is 0.357 e. The summed E-state index contributed by atoms with van der Waals surface area (Å²) in [4.78, 5) is 22.4. The molecule has 6 nitrogen and oxygen atoms in total. The standard InChI is InChI=1S/C26H28N6/c1-2-9-27-25(5-1)26-28-15-21-17-32(12-8-24(21)30-26)16-19-6-7-23-20(13-19)14-22(29-23)18-31-10-3-4-11-31/h1-2,5-7,9,13-15,29H,3-4,8,10-12,16-18H2. The van der Waals surface area contributed by atoms with Gasteiger partial charge in [-0.1, -0.05) is 12.1 Å². The van der Waals surface area contributed by atoms with Crippen LogP contribution in [0, 0.1) is 0 Å². The van der Waals surface area contributed by atoms with Gasteiger partial charge in [-0.05, 0) is 61.8 Å². The summed E-state index contributed by atoms with van der Waals surface area (Å²) >= 11 is 0. The lowest BCUT2D eigenvalue weighted by Crippen LogP contribution is -2.31. The molecule has 6 rings (SSSR count). The summed E-state index contributed by atoms with van der Waals surface area (Å²) < 4.78 is 0. The van der Waals surface area contributed by atoms with Crippen molar-refractivity contribution in [1.82, 2.24) is 29.7 Å². The predicted octanol–water partition coefficient (Wildman–Crippen LogP) is 4.17. The molecule has 162 valence electrons. The summed E-state index contributed by atoms with van der Waals surface area (Å²) in [7, 11) is 0. The van der Waals surface area contributed by atoms with Crippen LogP contribution >= 0.6 is 0 Å². The number of fused-ring (bicyclic) bond motifs is 2. The van der Waals surface area contributed by atoms with Gasteiger partial charge in [0.15, 0.2) is 5.82 Å². The fraction of sp³-hybridized carbons (Fsp3) is 0.346. The summed E-state index contributed by atoms with van der Waals surface area (Å²) in [5.41, 5.74) is 7.14. The average Bonchev–Trinajstić information content (AvgIpc) is 3.48. The van der Waals surface area contributed by atoms with Gasteiger partial charge in [0.1, 0.15) is 5.69 Å². The molecule has 5 heterocycles. The molecule has 1 fully saturated rings. The number of aromatic nitrogens is 4. The Labute approximate surface area is 188 Å². The van der Waals surface area contributed by atoms with Crippen LogP contribution in [0.2, 0.25) is 0 Å².